The summed E-state index contributed by atoms with van der Waals surface area (Å²) in [6, 6.07) is 0. The number of carbonyl (C=O) groups excluding carboxylic acids is 1. The molecule has 3 nitrogen and oxygen atoms in total. The van der Waals surface area contributed by atoms with E-state index < -0.39 is 0 Å². The number of nitrogens with one attached hydrogen (secondary N) is 1. The van der Waals surface area contributed by atoms with Crippen LogP contribution in [-0.2, 0) is 4.79 Å². The first kappa shape index (κ1) is 11.9. The van der Waals surface area contributed by atoms with Crippen LogP contribution < -0.4 is 11.1 Å². The molecular weight excluding hydrogens is 196 g/mol. The zero-order valence-electron chi connectivity index (χ0n) is 9.01. The van der Waals surface area contributed by atoms with Gasteiger partial charge in [0.15, 0.2) is 0 Å². The molecule has 0 saturated carbocycles. The van der Waals surface area contributed by atoms with Crippen LogP contribution in [0.2, 0.25) is 0 Å². The van der Waals surface area contributed by atoms with Gasteiger partial charge in [-0.05, 0) is 32.4 Å². The Labute approximate surface area is 90.2 Å². The number of hydrogen-bond acceptors (Lipinski definition) is 3. The number of thioether (sulfide) groups is 1. The highest BCUT2D eigenvalue weighted by Crippen LogP contribution is 2.25. The minimum Gasteiger partial charge on any atom is -0.349 e. The van der Waals surface area contributed by atoms with Crippen molar-refractivity contribution in [3.05, 3.63) is 0 Å². The maximum atomic E-state index is 11.8. The Kier molecular flexibility index (Phi) is 4.26. The van der Waals surface area contributed by atoms with Gasteiger partial charge in [0.2, 0.25) is 5.91 Å². The summed E-state index contributed by atoms with van der Waals surface area (Å²) in [4.78, 5) is 11.8. The molecule has 1 atom stereocenters. The molecule has 4 heteroatoms. The van der Waals surface area contributed by atoms with Crippen LogP contribution in [0.25, 0.3) is 0 Å². The molecule has 0 spiro atoms. The van der Waals surface area contributed by atoms with Crippen LogP contribution in [0.3, 0.4) is 0 Å². The zero-order chi connectivity index (χ0) is 10.6. The minimum atomic E-state index is -0.269. The second kappa shape index (κ2) is 5.03. The fourth-order valence-corrected chi connectivity index (χ4v) is 2.61. The summed E-state index contributed by atoms with van der Waals surface area (Å²) in [6.45, 7) is 4.40. The van der Waals surface area contributed by atoms with Crippen LogP contribution >= 0.6 is 11.8 Å². The van der Waals surface area contributed by atoms with Gasteiger partial charge in [0.25, 0.3) is 0 Å². The lowest BCUT2D eigenvalue weighted by molar-refractivity contribution is -0.122. The Morgan fingerprint density at radius 1 is 1.57 bits per heavy atom. The Hall–Kier alpha value is -0.220. The van der Waals surface area contributed by atoms with Gasteiger partial charge in [0.05, 0.1) is 5.25 Å². The predicted octanol–water partition coefficient (Wildman–Crippen LogP) is 1.13. The lowest BCUT2D eigenvalue weighted by Crippen LogP contribution is -2.51. The molecule has 3 N–H and O–H groups in total. The molecule has 0 aliphatic carbocycles. The van der Waals surface area contributed by atoms with Crippen molar-refractivity contribution >= 4 is 17.7 Å². The molecule has 0 radical (unpaired) electrons. The van der Waals surface area contributed by atoms with Crippen LogP contribution in [0, 0.1) is 0 Å². The average molecular weight is 216 g/mol. The maximum absolute atomic E-state index is 11.8. The third-order valence-electron chi connectivity index (χ3n) is 2.44. The van der Waals surface area contributed by atoms with E-state index in [2.05, 4.69) is 5.32 Å². The van der Waals surface area contributed by atoms with Crippen molar-refractivity contribution < 1.29 is 4.79 Å². The van der Waals surface area contributed by atoms with E-state index in [1.807, 2.05) is 13.8 Å². The number of rotatable bonds is 3. The van der Waals surface area contributed by atoms with Gasteiger partial charge in [0.1, 0.15) is 0 Å². The lowest BCUT2D eigenvalue weighted by atomic mass is 10.1. The number of amides is 1. The van der Waals surface area contributed by atoms with Crippen molar-refractivity contribution in [1.82, 2.24) is 5.32 Å². The van der Waals surface area contributed by atoms with E-state index in [1.165, 1.54) is 12.8 Å². The summed E-state index contributed by atoms with van der Waals surface area (Å²) < 4.78 is 0. The molecule has 0 aromatic carbocycles. The second-order valence-electron chi connectivity index (χ2n) is 4.43. The standard InChI is InChI=1S/C10H20N2OS/c1-10(2,7-11)12-9(13)8-5-3-4-6-14-8/h8H,3-7,11H2,1-2H3,(H,12,13). The summed E-state index contributed by atoms with van der Waals surface area (Å²) in [5, 5.41) is 3.14. The monoisotopic (exact) mass is 216 g/mol. The summed E-state index contributed by atoms with van der Waals surface area (Å²) in [5.74, 6) is 1.27. The molecule has 1 amide bonds. The van der Waals surface area contributed by atoms with Gasteiger partial charge in [-0.2, -0.15) is 0 Å². The molecule has 1 aliphatic rings. The van der Waals surface area contributed by atoms with Crippen molar-refractivity contribution in [1.29, 1.82) is 0 Å². The van der Waals surface area contributed by atoms with Crippen LogP contribution in [0.5, 0.6) is 0 Å². The van der Waals surface area contributed by atoms with E-state index in [0.717, 1.165) is 12.2 Å². The SMILES string of the molecule is CC(C)(CN)NC(=O)C1CCCCS1. The quantitative estimate of drug-likeness (QED) is 0.743. The Morgan fingerprint density at radius 2 is 2.29 bits per heavy atom. The van der Waals surface area contributed by atoms with Crippen LogP contribution in [0.4, 0.5) is 0 Å². The van der Waals surface area contributed by atoms with E-state index in [1.54, 1.807) is 11.8 Å². The van der Waals surface area contributed by atoms with Crippen molar-refractivity contribution in [2.75, 3.05) is 12.3 Å². The smallest absolute Gasteiger partial charge is 0.233 e. The molecule has 1 saturated heterocycles. The summed E-state index contributed by atoms with van der Waals surface area (Å²) in [6.07, 6.45) is 3.43. The fraction of sp³-hybridized carbons (Fsp3) is 0.900. The highest BCUT2D eigenvalue weighted by Gasteiger charge is 2.26. The molecule has 1 fully saturated rings. The predicted molar refractivity (Wildman–Crippen MR) is 61.4 cm³/mol. The summed E-state index contributed by atoms with van der Waals surface area (Å²) in [7, 11) is 0. The molecule has 14 heavy (non-hydrogen) atoms. The van der Waals surface area contributed by atoms with Crippen LogP contribution in [0.15, 0.2) is 0 Å². The van der Waals surface area contributed by atoms with Gasteiger partial charge in [-0.25, -0.2) is 0 Å². The molecule has 1 rings (SSSR count). The van der Waals surface area contributed by atoms with Crippen LogP contribution in [0.1, 0.15) is 33.1 Å². The first-order chi connectivity index (χ1) is 6.55. The molecule has 1 aliphatic heterocycles. The molecule has 0 bridgehead atoms. The van der Waals surface area contributed by atoms with E-state index in [-0.39, 0.29) is 16.7 Å². The highest BCUT2D eigenvalue weighted by atomic mass is 32.2. The van der Waals surface area contributed by atoms with Crippen molar-refractivity contribution in [3.63, 3.8) is 0 Å². The summed E-state index contributed by atoms with van der Waals surface area (Å²) >= 11 is 1.77. The van der Waals surface area contributed by atoms with Crippen LogP contribution in [-0.4, -0.2) is 29.0 Å². The Morgan fingerprint density at radius 3 is 2.79 bits per heavy atom. The van der Waals surface area contributed by atoms with Gasteiger partial charge < -0.3 is 11.1 Å². The largest absolute Gasteiger partial charge is 0.349 e. The molecule has 1 unspecified atom stereocenters. The second-order valence-corrected chi connectivity index (χ2v) is 5.74. The van der Waals surface area contributed by atoms with Gasteiger partial charge in [-0.1, -0.05) is 6.42 Å². The molecule has 82 valence electrons. The van der Waals surface area contributed by atoms with E-state index in [4.69, 9.17) is 5.73 Å². The zero-order valence-corrected chi connectivity index (χ0v) is 9.82. The molecule has 0 aromatic rings. The average Bonchev–Trinajstić information content (AvgIpc) is 2.19. The normalized spacial score (nSPS) is 23.2. The van der Waals surface area contributed by atoms with Gasteiger partial charge in [-0.3, -0.25) is 4.79 Å². The van der Waals surface area contributed by atoms with E-state index in [9.17, 15) is 4.79 Å². The fourth-order valence-electron chi connectivity index (χ4n) is 1.41. The third kappa shape index (κ3) is 3.50. The van der Waals surface area contributed by atoms with E-state index >= 15 is 0 Å². The topological polar surface area (TPSA) is 55.1 Å². The van der Waals surface area contributed by atoms with Gasteiger partial charge in [0, 0.05) is 12.1 Å². The summed E-state index contributed by atoms with van der Waals surface area (Å²) in [5.41, 5.74) is 5.29. The number of carbonyl (C=O) groups is 1. The maximum Gasteiger partial charge on any atom is 0.233 e. The Bertz CT molecular complexity index is 200. The minimum absolute atomic E-state index is 0.148. The molecular formula is C10H20N2OS. The highest BCUT2D eigenvalue weighted by molar-refractivity contribution is 8.00. The van der Waals surface area contributed by atoms with Crippen molar-refractivity contribution in [3.8, 4) is 0 Å². The molecule has 1 heterocycles. The Balaban J connectivity index is 2.40. The third-order valence-corrected chi connectivity index (χ3v) is 3.82. The van der Waals surface area contributed by atoms with Gasteiger partial charge >= 0.3 is 0 Å². The lowest BCUT2D eigenvalue weighted by Gasteiger charge is -2.28. The van der Waals surface area contributed by atoms with Crippen molar-refractivity contribution in [2.45, 2.75) is 43.9 Å². The first-order valence-electron chi connectivity index (χ1n) is 5.19. The van der Waals surface area contributed by atoms with Gasteiger partial charge in [-0.15, -0.1) is 11.8 Å². The first-order valence-corrected chi connectivity index (χ1v) is 6.24. The van der Waals surface area contributed by atoms with Crippen molar-refractivity contribution in [2.24, 2.45) is 5.73 Å². The molecule has 0 aromatic heterocycles. The number of nitrogens with two attached hydrogens (primary N) is 1. The number of hydrogen-bond donors (Lipinski definition) is 2. The van der Waals surface area contributed by atoms with E-state index in [0.29, 0.717) is 6.54 Å².